The van der Waals surface area contributed by atoms with Crippen LogP contribution in [0.15, 0.2) is 65.7 Å². The molecule has 0 aromatic heterocycles. The molecule has 0 saturated carbocycles. The largest absolute Gasteiger partial charge is 0.477 e. The zero-order valence-corrected chi connectivity index (χ0v) is 20.9. The summed E-state index contributed by atoms with van der Waals surface area (Å²) in [6, 6.07) is 19.3. The van der Waals surface area contributed by atoms with Crippen LogP contribution in [-0.2, 0) is 31.0 Å². The van der Waals surface area contributed by atoms with Crippen molar-refractivity contribution in [3.05, 3.63) is 71.8 Å². The van der Waals surface area contributed by atoms with Gasteiger partial charge in [-0.05, 0) is 37.3 Å². The van der Waals surface area contributed by atoms with Crippen LogP contribution in [0.3, 0.4) is 0 Å². The van der Waals surface area contributed by atoms with Gasteiger partial charge in [-0.25, -0.2) is 4.99 Å². The lowest BCUT2D eigenvalue weighted by atomic mass is 9.70. The van der Waals surface area contributed by atoms with E-state index in [4.69, 9.17) is 4.74 Å². The highest BCUT2D eigenvalue weighted by Crippen LogP contribution is 2.36. The van der Waals surface area contributed by atoms with Crippen molar-refractivity contribution in [3.63, 3.8) is 0 Å². The summed E-state index contributed by atoms with van der Waals surface area (Å²) in [5.41, 5.74) is 1.33. The highest BCUT2D eigenvalue weighted by molar-refractivity contribution is 5.93. The number of amides is 2. The fourth-order valence-corrected chi connectivity index (χ4v) is 5.00. The van der Waals surface area contributed by atoms with Gasteiger partial charge in [-0.3, -0.25) is 14.4 Å². The number of ether oxygens (including phenoxy) is 1. The summed E-state index contributed by atoms with van der Waals surface area (Å²) < 4.78 is 5.53. The maximum Gasteiger partial charge on any atom is 0.254 e. The molecular formula is C28H33N3O6. The lowest BCUT2D eigenvalue weighted by Crippen LogP contribution is -2.55. The van der Waals surface area contributed by atoms with Gasteiger partial charge in [0.2, 0.25) is 5.90 Å². The van der Waals surface area contributed by atoms with E-state index in [0.717, 1.165) is 11.1 Å². The van der Waals surface area contributed by atoms with Crippen LogP contribution in [-0.4, -0.2) is 83.1 Å². The molecule has 9 nitrogen and oxygen atoms in total. The molecule has 2 aliphatic rings. The van der Waals surface area contributed by atoms with Crippen molar-refractivity contribution in [1.29, 1.82) is 0 Å². The van der Waals surface area contributed by atoms with Crippen LogP contribution >= 0.6 is 0 Å². The molecule has 196 valence electrons. The molecule has 2 aliphatic heterocycles. The van der Waals surface area contributed by atoms with Gasteiger partial charge in [-0.15, -0.1) is 0 Å². The third-order valence-corrected chi connectivity index (χ3v) is 7.25. The van der Waals surface area contributed by atoms with Gasteiger partial charge >= 0.3 is 0 Å². The van der Waals surface area contributed by atoms with Gasteiger partial charge in [0.15, 0.2) is 12.2 Å². The SMILES string of the molecule is CC(=O)C1(c2ccccc2)CCN(C(=O)[C@H](O)[C@@H](O)C(=O)NCC2=NC(Cc3ccccc3)CO2)CC1. The maximum atomic E-state index is 12.8. The Bertz CT molecular complexity index is 1130. The van der Waals surface area contributed by atoms with E-state index in [2.05, 4.69) is 10.3 Å². The number of aliphatic hydroxyl groups is 2. The van der Waals surface area contributed by atoms with Crippen LogP contribution in [0.1, 0.15) is 30.9 Å². The molecule has 3 N–H and O–H groups in total. The van der Waals surface area contributed by atoms with Crippen LogP contribution < -0.4 is 5.32 Å². The molecule has 2 aromatic carbocycles. The average molecular weight is 508 g/mol. The van der Waals surface area contributed by atoms with Crippen molar-refractivity contribution < 1.29 is 29.3 Å². The number of nitrogens with zero attached hydrogens (tertiary/aromatic N) is 2. The number of hydrogen-bond donors (Lipinski definition) is 3. The van der Waals surface area contributed by atoms with Crippen LogP contribution in [0.4, 0.5) is 0 Å². The van der Waals surface area contributed by atoms with Gasteiger partial charge in [0, 0.05) is 13.1 Å². The van der Waals surface area contributed by atoms with Gasteiger partial charge in [-0.2, -0.15) is 0 Å². The van der Waals surface area contributed by atoms with Crippen molar-refractivity contribution in [3.8, 4) is 0 Å². The zero-order valence-electron chi connectivity index (χ0n) is 20.9. The molecule has 0 radical (unpaired) electrons. The van der Waals surface area contributed by atoms with E-state index < -0.39 is 29.4 Å². The topological polar surface area (TPSA) is 129 Å². The van der Waals surface area contributed by atoms with Crippen LogP contribution in [0.2, 0.25) is 0 Å². The van der Waals surface area contributed by atoms with E-state index in [1.807, 2.05) is 60.7 Å². The second kappa shape index (κ2) is 11.7. The molecule has 2 aromatic rings. The second-order valence-corrected chi connectivity index (χ2v) is 9.61. The normalized spacial score (nSPS) is 20.4. The van der Waals surface area contributed by atoms with Crippen molar-refractivity contribution in [1.82, 2.24) is 10.2 Å². The fraction of sp³-hybridized carbons (Fsp3) is 0.429. The molecule has 37 heavy (non-hydrogen) atoms. The number of aliphatic imine (C=N–C) groups is 1. The molecule has 1 saturated heterocycles. The number of Topliss-reactive ketones (excluding diaryl/α,β-unsaturated/α-hetero) is 1. The average Bonchev–Trinajstić information content (AvgIpc) is 3.38. The Morgan fingerprint density at radius 1 is 1.03 bits per heavy atom. The number of benzene rings is 2. The van der Waals surface area contributed by atoms with E-state index >= 15 is 0 Å². The van der Waals surface area contributed by atoms with E-state index in [1.54, 1.807) is 6.92 Å². The first-order valence-corrected chi connectivity index (χ1v) is 12.5. The molecular weight excluding hydrogens is 474 g/mol. The first-order valence-electron chi connectivity index (χ1n) is 12.5. The fourth-order valence-electron chi connectivity index (χ4n) is 5.00. The van der Waals surface area contributed by atoms with Gasteiger partial charge in [0.1, 0.15) is 12.4 Å². The first-order chi connectivity index (χ1) is 17.8. The van der Waals surface area contributed by atoms with Gasteiger partial charge in [0.05, 0.1) is 18.0 Å². The van der Waals surface area contributed by atoms with E-state index in [-0.39, 0.29) is 31.5 Å². The Labute approximate surface area is 216 Å². The molecule has 4 rings (SSSR count). The van der Waals surface area contributed by atoms with Crippen molar-refractivity contribution in [2.24, 2.45) is 4.99 Å². The monoisotopic (exact) mass is 507 g/mol. The minimum absolute atomic E-state index is 0.0220. The maximum absolute atomic E-state index is 12.8. The van der Waals surface area contributed by atoms with Crippen LogP contribution in [0.25, 0.3) is 0 Å². The number of nitrogens with one attached hydrogen (secondary N) is 1. The summed E-state index contributed by atoms with van der Waals surface area (Å²) in [6.07, 6.45) is -2.36. The Balaban J connectivity index is 1.27. The number of hydrogen-bond acceptors (Lipinski definition) is 7. The Hall–Kier alpha value is -3.56. The summed E-state index contributed by atoms with van der Waals surface area (Å²) in [7, 11) is 0. The summed E-state index contributed by atoms with van der Waals surface area (Å²) in [6.45, 7) is 2.35. The van der Waals surface area contributed by atoms with Crippen LogP contribution in [0, 0.1) is 0 Å². The standard InChI is InChI=1S/C28H33N3O6/c1-19(32)28(21-10-6-3-7-11-21)12-14-31(15-13-28)27(36)25(34)24(33)26(35)29-17-23-30-22(18-37-23)16-20-8-4-2-5-9-20/h2-11,22,24-25,33-34H,12-18H2,1H3,(H,29,35)/t22?,24-,25-/m1/s1. The van der Waals surface area contributed by atoms with Crippen LogP contribution in [0.5, 0.6) is 0 Å². The first kappa shape index (κ1) is 26.5. The lowest BCUT2D eigenvalue weighted by molar-refractivity contribution is -0.154. The molecule has 0 spiro atoms. The zero-order chi connectivity index (χ0) is 26.4. The molecule has 0 bridgehead atoms. The van der Waals surface area contributed by atoms with Gasteiger partial charge < -0.3 is 25.2 Å². The third kappa shape index (κ3) is 6.06. The molecule has 9 heteroatoms. The summed E-state index contributed by atoms with van der Waals surface area (Å²) in [4.78, 5) is 43.7. The third-order valence-electron chi connectivity index (χ3n) is 7.25. The summed E-state index contributed by atoms with van der Waals surface area (Å²) >= 11 is 0. The molecule has 0 aliphatic carbocycles. The van der Waals surface area contributed by atoms with Crippen molar-refractivity contribution in [2.45, 2.75) is 49.9 Å². The van der Waals surface area contributed by atoms with E-state index in [9.17, 15) is 24.6 Å². The molecule has 2 amide bonds. The highest BCUT2D eigenvalue weighted by atomic mass is 16.5. The van der Waals surface area contributed by atoms with Gasteiger partial charge in [-0.1, -0.05) is 60.7 Å². The minimum atomic E-state index is -1.94. The Kier molecular flexibility index (Phi) is 8.35. The highest BCUT2D eigenvalue weighted by Gasteiger charge is 2.43. The van der Waals surface area contributed by atoms with E-state index in [0.29, 0.717) is 31.8 Å². The lowest BCUT2D eigenvalue weighted by Gasteiger charge is -2.41. The van der Waals surface area contributed by atoms with Gasteiger partial charge in [0.25, 0.3) is 11.8 Å². The number of rotatable bonds is 9. The Morgan fingerprint density at radius 3 is 2.27 bits per heavy atom. The number of carbonyl (C=O) groups is 3. The number of ketones is 1. The number of carbonyl (C=O) groups excluding carboxylic acids is 3. The molecule has 1 unspecified atom stereocenters. The molecule has 2 heterocycles. The predicted molar refractivity (Wildman–Crippen MR) is 137 cm³/mol. The predicted octanol–water partition coefficient (Wildman–Crippen LogP) is 1.01. The number of likely N-dealkylation sites (tertiary alicyclic amines) is 1. The van der Waals surface area contributed by atoms with E-state index in [1.165, 1.54) is 4.90 Å². The second-order valence-electron chi connectivity index (χ2n) is 9.61. The van der Waals surface area contributed by atoms with Crippen molar-refractivity contribution in [2.75, 3.05) is 26.2 Å². The quantitative estimate of drug-likeness (QED) is 0.465. The molecule has 3 atom stereocenters. The number of piperidine rings is 1. The Morgan fingerprint density at radius 2 is 1.65 bits per heavy atom. The molecule has 1 fully saturated rings. The smallest absolute Gasteiger partial charge is 0.254 e. The minimum Gasteiger partial charge on any atom is -0.477 e. The van der Waals surface area contributed by atoms with Crippen molar-refractivity contribution >= 4 is 23.5 Å². The number of aliphatic hydroxyl groups excluding tert-OH is 2. The summed E-state index contributed by atoms with van der Waals surface area (Å²) in [5, 5.41) is 23.2. The summed E-state index contributed by atoms with van der Waals surface area (Å²) in [5.74, 6) is -1.28.